The molecule has 1 saturated heterocycles. The zero-order valence-electron chi connectivity index (χ0n) is 6.47. The van der Waals surface area contributed by atoms with Crippen LogP contribution in [0, 0.1) is 5.92 Å². The maximum absolute atomic E-state index is 5.61. The molecule has 0 bridgehead atoms. The van der Waals surface area contributed by atoms with Gasteiger partial charge in [-0.2, -0.15) is 0 Å². The van der Waals surface area contributed by atoms with Crippen LogP contribution >= 0.6 is 0 Å². The normalized spacial score (nSPS) is 51.7. The molecule has 1 nitrogen and oxygen atoms in total. The highest BCUT2D eigenvalue weighted by Crippen LogP contribution is 2.51. The Kier molecular flexibility index (Phi) is 1.19. The molecular formula is C9H14O. The average molecular weight is 138 g/mol. The van der Waals surface area contributed by atoms with Crippen molar-refractivity contribution in [1.82, 2.24) is 0 Å². The van der Waals surface area contributed by atoms with Crippen molar-refractivity contribution in [2.75, 3.05) is 0 Å². The molecule has 0 radical (unpaired) electrons. The molecule has 1 aliphatic carbocycles. The lowest BCUT2D eigenvalue weighted by molar-refractivity contribution is 0.271. The molecule has 1 aliphatic heterocycles. The third-order valence-corrected chi connectivity index (χ3v) is 2.99. The molecule has 1 heterocycles. The van der Waals surface area contributed by atoms with E-state index >= 15 is 0 Å². The topological polar surface area (TPSA) is 12.5 Å². The van der Waals surface area contributed by atoms with Gasteiger partial charge in [0.05, 0.1) is 6.10 Å². The van der Waals surface area contributed by atoms with Crippen molar-refractivity contribution in [3.8, 4) is 0 Å². The Balaban J connectivity index is 2.16. The molecule has 10 heavy (non-hydrogen) atoms. The van der Waals surface area contributed by atoms with E-state index in [9.17, 15) is 0 Å². The van der Waals surface area contributed by atoms with E-state index in [-0.39, 0.29) is 5.60 Å². The first-order valence-corrected chi connectivity index (χ1v) is 4.11. The highest BCUT2D eigenvalue weighted by atomic mass is 16.6. The summed E-state index contributed by atoms with van der Waals surface area (Å²) in [5, 5.41) is 0. The molecule has 1 heteroatoms. The van der Waals surface area contributed by atoms with E-state index in [1.807, 2.05) is 6.08 Å². The van der Waals surface area contributed by atoms with Crippen molar-refractivity contribution in [2.45, 2.75) is 37.9 Å². The number of fused-ring (bicyclic) bond motifs is 1. The number of rotatable bonds is 1. The van der Waals surface area contributed by atoms with Crippen LogP contribution < -0.4 is 0 Å². The first-order valence-electron chi connectivity index (χ1n) is 4.11. The van der Waals surface area contributed by atoms with Gasteiger partial charge in [0.2, 0.25) is 0 Å². The molecule has 2 rings (SSSR count). The lowest BCUT2D eigenvalue weighted by atomic mass is 9.80. The lowest BCUT2D eigenvalue weighted by Crippen LogP contribution is -2.25. The number of epoxide rings is 1. The lowest BCUT2D eigenvalue weighted by Gasteiger charge is -2.21. The van der Waals surface area contributed by atoms with Crippen molar-refractivity contribution in [2.24, 2.45) is 5.92 Å². The molecule has 0 aromatic rings. The van der Waals surface area contributed by atoms with Crippen LogP contribution in [0.3, 0.4) is 0 Å². The molecule has 0 aromatic carbocycles. The standard InChI is InChI=1S/C9H14O/c1-3-9-7(2)5-4-6-8(9)10-9/h3,7-8H,1,4-6H2,2H3. The second-order valence-electron chi connectivity index (χ2n) is 3.50. The number of ether oxygens (including phenoxy) is 1. The Labute approximate surface area is 62.1 Å². The monoisotopic (exact) mass is 138 g/mol. The first-order chi connectivity index (χ1) is 4.79. The van der Waals surface area contributed by atoms with Gasteiger partial charge in [-0.1, -0.05) is 19.4 Å². The Morgan fingerprint density at radius 2 is 2.40 bits per heavy atom. The maximum atomic E-state index is 5.61. The van der Waals surface area contributed by atoms with Crippen molar-refractivity contribution in [3.63, 3.8) is 0 Å². The van der Waals surface area contributed by atoms with Gasteiger partial charge in [0.25, 0.3) is 0 Å². The minimum atomic E-state index is 0.109. The minimum absolute atomic E-state index is 0.109. The molecule has 56 valence electrons. The third kappa shape index (κ3) is 0.615. The van der Waals surface area contributed by atoms with E-state index < -0.39 is 0 Å². The van der Waals surface area contributed by atoms with Crippen LogP contribution in [0.4, 0.5) is 0 Å². The zero-order valence-corrected chi connectivity index (χ0v) is 6.47. The van der Waals surface area contributed by atoms with Gasteiger partial charge < -0.3 is 4.74 Å². The molecular weight excluding hydrogens is 124 g/mol. The van der Waals surface area contributed by atoms with Gasteiger partial charge in [-0.05, 0) is 18.8 Å². The van der Waals surface area contributed by atoms with Crippen molar-refractivity contribution in [3.05, 3.63) is 12.7 Å². The average Bonchev–Trinajstić information content (AvgIpc) is 2.65. The van der Waals surface area contributed by atoms with Crippen LogP contribution in [-0.4, -0.2) is 11.7 Å². The van der Waals surface area contributed by atoms with E-state index in [4.69, 9.17) is 4.74 Å². The summed E-state index contributed by atoms with van der Waals surface area (Å²) in [6.07, 6.45) is 6.41. The van der Waals surface area contributed by atoms with E-state index in [0.717, 1.165) is 0 Å². The molecule has 0 spiro atoms. The molecule has 3 atom stereocenters. The van der Waals surface area contributed by atoms with Gasteiger partial charge in [-0.25, -0.2) is 0 Å². The molecule has 0 amide bonds. The summed E-state index contributed by atoms with van der Waals surface area (Å²) in [6.45, 7) is 6.09. The van der Waals surface area contributed by atoms with Crippen LogP contribution in [0.25, 0.3) is 0 Å². The summed E-state index contributed by atoms with van der Waals surface area (Å²) in [5.41, 5.74) is 0.109. The van der Waals surface area contributed by atoms with Gasteiger partial charge in [0, 0.05) is 0 Å². The van der Waals surface area contributed by atoms with Crippen LogP contribution in [-0.2, 0) is 4.74 Å². The molecule has 2 aliphatic rings. The predicted molar refractivity (Wildman–Crippen MR) is 40.8 cm³/mol. The SMILES string of the molecule is C=CC12OC1CCCC2C. The number of hydrogen-bond donors (Lipinski definition) is 0. The fourth-order valence-corrected chi connectivity index (χ4v) is 2.15. The van der Waals surface area contributed by atoms with Gasteiger partial charge in [-0.3, -0.25) is 0 Å². The van der Waals surface area contributed by atoms with Crippen LogP contribution in [0.15, 0.2) is 12.7 Å². The fourth-order valence-electron chi connectivity index (χ4n) is 2.15. The van der Waals surface area contributed by atoms with Crippen LogP contribution in [0.5, 0.6) is 0 Å². The largest absolute Gasteiger partial charge is 0.361 e. The third-order valence-electron chi connectivity index (χ3n) is 2.99. The Bertz CT molecular complexity index is 164. The van der Waals surface area contributed by atoms with Crippen molar-refractivity contribution >= 4 is 0 Å². The second kappa shape index (κ2) is 1.85. The quantitative estimate of drug-likeness (QED) is 0.399. The Morgan fingerprint density at radius 1 is 1.60 bits per heavy atom. The molecule has 0 aromatic heterocycles. The van der Waals surface area contributed by atoms with E-state index in [1.54, 1.807) is 0 Å². The summed E-state index contributed by atoms with van der Waals surface area (Å²) >= 11 is 0. The van der Waals surface area contributed by atoms with Gasteiger partial charge in [-0.15, -0.1) is 6.58 Å². The highest BCUT2D eigenvalue weighted by Gasteiger charge is 2.58. The van der Waals surface area contributed by atoms with Gasteiger partial charge in [0.15, 0.2) is 0 Å². The molecule has 0 N–H and O–H groups in total. The zero-order chi connectivity index (χ0) is 7.19. The summed E-state index contributed by atoms with van der Waals surface area (Å²) in [5.74, 6) is 0.698. The van der Waals surface area contributed by atoms with Crippen molar-refractivity contribution < 1.29 is 4.74 Å². The molecule has 2 fully saturated rings. The maximum Gasteiger partial charge on any atom is 0.115 e. The fraction of sp³-hybridized carbons (Fsp3) is 0.778. The summed E-state index contributed by atoms with van der Waals surface area (Å²) in [4.78, 5) is 0. The summed E-state index contributed by atoms with van der Waals surface area (Å²) < 4.78 is 5.61. The predicted octanol–water partition coefficient (Wildman–Crippen LogP) is 2.13. The van der Waals surface area contributed by atoms with E-state index in [2.05, 4.69) is 13.5 Å². The molecule has 1 saturated carbocycles. The summed E-state index contributed by atoms with van der Waals surface area (Å²) in [7, 11) is 0. The van der Waals surface area contributed by atoms with Crippen LogP contribution in [0.2, 0.25) is 0 Å². The van der Waals surface area contributed by atoms with Crippen LogP contribution in [0.1, 0.15) is 26.2 Å². The van der Waals surface area contributed by atoms with Gasteiger partial charge in [0.1, 0.15) is 5.60 Å². The number of hydrogen-bond acceptors (Lipinski definition) is 1. The van der Waals surface area contributed by atoms with E-state index in [1.165, 1.54) is 19.3 Å². The Hall–Kier alpha value is -0.300. The Morgan fingerprint density at radius 3 is 2.90 bits per heavy atom. The highest BCUT2D eigenvalue weighted by molar-refractivity contribution is 5.18. The van der Waals surface area contributed by atoms with E-state index in [0.29, 0.717) is 12.0 Å². The molecule has 3 unspecified atom stereocenters. The van der Waals surface area contributed by atoms with Gasteiger partial charge >= 0.3 is 0 Å². The second-order valence-corrected chi connectivity index (χ2v) is 3.50. The first kappa shape index (κ1) is 6.41. The smallest absolute Gasteiger partial charge is 0.115 e. The minimum Gasteiger partial charge on any atom is -0.361 e. The van der Waals surface area contributed by atoms with Crippen molar-refractivity contribution in [1.29, 1.82) is 0 Å². The summed E-state index contributed by atoms with van der Waals surface area (Å²) in [6, 6.07) is 0.